The third-order valence-electron chi connectivity index (χ3n) is 15.4. The summed E-state index contributed by atoms with van der Waals surface area (Å²) >= 11 is 0. The molecule has 13 rings (SSSR count). The summed E-state index contributed by atoms with van der Waals surface area (Å²) in [5.74, 6) is 20.9. The first-order valence-corrected chi connectivity index (χ1v) is 28.7. The predicted octanol–water partition coefficient (Wildman–Crippen LogP) is 18.5. The summed E-state index contributed by atoms with van der Waals surface area (Å²) in [6.45, 7) is 3.97. The summed E-state index contributed by atoms with van der Waals surface area (Å²) in [7, 11) is 0. The smallest absolute Gasteiger partial charge is 0.195 e. The molecule has 0 unspecified atom stereocenters. The van der Waals surface area contributed by atoms with Gasteiger partial charge in [-0.3, -0.25) is 9.59 Å². The van der Waals surface area contributed by atoms with Crippen molar-refractivity contribution in [3.8, 4) is 47.0 Å². The molecule has 2 aliphatic carbocycles. The van der Waals surface area contributed by atoms with E-state index in [9.17, 15) is 0 Å². The summed E-state index contributed by atoms with van der Waals surface area (Å²) < 4.78 is 6.67. The van der Waals surface area contributed by atoms with Crippen LogP contribution in [0.5, 0.6) is 11.5 Å². The molecule has 11 aromatic rings. The van der Waals surface area contributed by atoms with Crippen molar-refractivity contribution in [1.29, 1.82) is 0 Å². The van der Waals surface area contributed by atoms with Crippen molar-refractivity contribution >= 4 is 62.2 Å². The van der Waals surface area contributed by atoms with Gasteiger partial charge in [-0.25, -0.2) is 0 Å². The molecule has 3 nitrogen and oxygen atoms in total. The first kappa shape index (κ1) is 54.2. The van der Waals surface area contributed by atoms with Gasteiger partial charge in [0.2, 0.25) is 0 Å². The van der Waals surface area contributed by atoms with Crippen molar-refractivity contribution in [3.05, 3.63) is 387 Å². The highest BCUT2D eigenvalue weighted by Gasteiger charge is 2.37. The minimum atomic E-state index is -0.0712. The molecule has 0 saturated heterocycles. The number of carbonyl (C=O) groups excluding carboxylic acids is 2. The van der Waals surface area contributed by atoms with Gasteiger partial charge in [-0.1, -0.05) is 248 Å². The monoisotopic (exact) mass is 1110 g/mol. The molecule has 0 heterocycles. The van der Waals surface area contributed by atoms with Crippen LogP contribution in [-0.2, 0) is 9.59 Å². The van der Waals surface area contributed by atoms with Gasteiger partial charge in [-0.15, -0.1) is 0 Å². The van der Waals surface area contributed by atoms with Crippen molar-refractivity contribution in [1.82, 2.24) is 0 Å². The average molecular weight is 1110 g/mol. The summed E-state index contributed by atoms with van der Waals surface area (Å²) in [6.07, 6.45) is 1.80. The van der Waals surface area contributed by atoms with Crippen molar-refractivity contribution in [2.75, 3.05) is 0 Å². The van der Waals surface area contributed by atoms with Gasteiger partial charge in [0.15, 0.2) is 11.6 Å². The fourth-order valence-corrected chi connectivity index (χ4v) is 11.1. The van der Waals surface area contributed by atoms with Crippen molar-refractivity contribution in [2.45, 2.75) is 0 Å². The van der Waals surface area contributed by atoms with E-state index in [0.29, 0.717) is 33.8 Å². The number of hydrogen-bond acceptors (Lipinski definition) is 3. The lowest BCUT2D eigenvalue weighted by atomic mass is 9.88. The number of ketones is 2. The van der Waals surface area contributed by atoms with E-state index < -0.39 is 0 Å². The normalized spacial score (nSPS) is 12.7. The molecule has 406 valence electrons. The third-order valence-corrected chi connectivity index (χ3v) is 15.4. The number of hydrogen-bond donors (Lipinski definition) is 0. The van der Waals surface area contributed by atoms with E-state index in [1.165, 1.54) is 0 Å². The standard InChI is InChI=1S/C84H52O3/c1-2-58-34-42-71(43-35-58)81-75(67-44-36-62(37-45-67)31-28-59-18-8-3-9-19-59)77(79(83(81)85)65-24-14-6-15-25-65)69-50-54-73(55-51-69)87-74-56-52-70(53-57-74)78-76(68-46-38-63(39-47-68)32-29-60-20-10-4-11-21-60)82(84(86)80(78)66-26-16-7-17-27-66)72-48-40-64(41-49-72)33-30-61-22-12-5-13-23-61/h2-27,34-57H,1H2. The lowest BCUT2D eigenvalue weighted by Crippen LogP contribution is -2.02. The van der Waals surface area contributed by atoms with E-state index in [1.54, 1.807) is 6.08 Å². The molecule has 0 spiro atoms. The molecule has 0 fully saturated rings. The van der Waals surface area contributed by atoms with Crippen molar-refractivity contribution < 1.29 is 14.3 Å². The van der Waals surface area contributed by atoms with Crippen LogP contribution in [0.15, 0.2) is 304 Å². The molecule has 87 heavy (non-hydrogen) atoms. The zero-order valence-electron chi connectivity index (χ0n) is 47.3. The average Bonchev–Trinajstić information content (AvgIpc) is 1.88. The second-order valence-electron chi connectivity index (χ2n) is 20.9. The molecule has 0 radical (unpaired) electrons. The summed E-state index contributed by atoms with van der Waals surface area (Å²) in [5.41, 5.74) is 18.8. The molecule has 11 aromatic carbocycles. The van der Waals surface area contributed by atoms with Crippen LogP contribution in [0.25, 0.3) is 50.7 Å². The predicted molar refractivity (Wildman–Crippen MR) is 356 cm³/mol. The highest BCUT2D eigenvalue weighted by atomic mass is 16.5. The van der Waals surface area contributed by atoms with Crippen LogP contribution >= 0.6 is 0 Å². The molecule has 0 bridgehead atoms. The van der Waals surface area contributed by atoms with E-state index in [0.717, 1.165) is 106 Å². The highest BCUT2D eigenvalue weighted by molar-refractivity contribution is 6.60. The molecule has 0 saturated carbocycles. The van der Waals surface area contributed by atoms with E-state index in [1.807, 2.05) is 273 Å². The summed E-state index contributed by atoms with van der Waals surface area (Å²) in [5, 5.41) is 0. The van der Waals surface area contributed by atoms with E-state index in [4.69, 9.17) is 4.74 Å². The number of Topliss-reactive ketones (excluding diaryl/α,β-unsaturated/α-hetero) is 2. The van der Waals surface area contributed by atoms with Gasteiger partial charge in [-0.2, -0.15) is 0 Å². The molecule has 3 heteroatoms. The molecular weight excluding hydrogens is 1060 g/mol. The van der Waals surface area contributed by atoms with E-state index in [-0.39, 0.29) is 11.6 Å². The molecule has 0 aromatic heterocycles. The summed E-state index contributed by atoms with van der Waals surface area (Å²) in [4.78, 5) is 30.7. The molecular formula is C84H52O3. The van der Waals surface area contributed by atoms with Crippen molar-refractivity contribution in [3.63, 3.8) is 0 Å². The molecule has 2 aliphatic rings. The molecule has 0 amide bonds. The number of carbonyl (C=O) groups is 2. The van der Waals surface area contributed by atoms with Gasteiger partial charge in [0.1, 0.15) is 11.5 Å². The lowest BCUT2D eigenvalue weighted by molar-refractivity contribution is -0.109. The van der Waals surface area contributed by atoms with E-state index in [2.05, 4.69) is 66.4 Å². The fraction of sp³-hybridized carbons (Fsp3) is 0. The van der Waals surface area contributed by atoms with Crippen LogP contribution in [-0.4, -0.2) is 11.6 Å². The number of benzene rings is 11. The van der Waals surface area contributed by atoms with Crippen LogP contribution in [0.4, 0.5) is 0 Å². The first-order chi connectivity index (χ1) is 42.9. The topological polar surface area (TPSA) is 43.4 Å². The SMILES string of the molecule is C=Cc1ccc(C2=C(c3ccc(C#Cc4ccccc4)cc3)C(c3ccc(Oc4ccc(C5=C(c6ccccc6)C(=O)C(c6ccc(C#Cc7ccccc7)cc6)=C5c5ccc(C#Cc6ccccc6)cc5)cc4)cc3)=C(c3ccccc3)C2=O)cc1. The first-order valence-electron chi connectivity index (χ1n) is 28.7. The Morgan fingerprint density at radius 1 is 0.230 bits per heavy atom. The second-order valence-corrected chi connectivity index (χ2v) is 20.9. The zero-order chi connectivity index (χ0) is 58.9. The Kier molecular flexibility index (Phi) is 15.5. The van der Waals surface area contributed by atoms with Gasteiger partial charge >= 0.3 is 0 Å². The van der Waals surface area contributed by atoms with Crippen LogP contribution in [0, 0.1) is 35.5 Å². The Balaban J connectivity index is 0.865. The van der Waals surface area contributed by atoms with Crippen LogP contribution in [0.1, 0.15) is 83.5 Å². The van der Waals surface area contributed by atoms with Crippen LogP contribution in [0.2, 0.25) is 0 Å². The number of ether oxygens (including phenoxy) is 1. The third kappa shape index (κ3) is 11.7. The maximum atomic E-state index is 15.4. The van der Waals surface area contributed by atoms with Crippen LogP contribution in [0.3, 0.4) is 0 Å². The molecule has 0 atom stereocenters. The highest BCUT2D eigenvalue weighted by Crippen LogP contribution is 2.52. The van der Waals surface area contributed by atoms with Gasteiger partial charge in [0.25, 0.3) is 0 Å². The number of rotatable bonds is 11. The Bertz CT molecular complexity index is 4750. The molecule has 0 N–H and O–H groups in total. The minimum absolute atomic E-state index is 0.0574. The number of allylic oxidation sites excluding steroid dienone is 8. The van der Waals surface area contributed by atoms with Gasteiger partial charge in [0, 0.05) is 78.0 Å². The van der Waals surface area contributed by atoms with Crippen molar-refractivity contribution in [2.24, 2.45) is 0 Å². The second kappa shape index (κ2) is 24.8. The maximum absolute atomic E-state index is 15.4. The Morgan fingerprint density at radius 2 is 0.437 bits per heavy atom. The Morgan fingerprint density at radius 3 is 0.701 bits per heavy atom. The summed E-state index contributed by atoms with van der Waals surface area (Å²) in [6, 6.07) is 97.8. The zero-order valence-corrected chi connectivity index (χ0v) is 47.3. The lowest BCUT2D eigenvalue weighted by Gasteiger charge is -2.15. The largest absolute Gasteiger partial charge is 0.457 e. The minimum Gasteiger partial charge on any atom is -0.457 e. The van der Waals surface area contributed by atoms with Gasteiger partial charge in [0.05, 0.1) is 0 Å². The fourth-order valence-electron chi connectivity index (χ4n) is 11.1. The Labute approximate surface area is 508 Å². The maximum Gasteiger partial charge on any atom is 0.195 e. The Hall–Kier alpha value is -12.1. The van der Waals surface area contributed by atoms with Gasteiger partial charge < -0.3 is 4.74 Å². The van der Waals surface area contributed by atoms with Crippen LogP contribution < -0.4 is 4.74 Å². The quantitative estimate of drug-likeness (QED) is 0.121. The van der Waals surface area contributed by atoms with E-state index >= 15 is 9.59 Å². The van der Waals surface area contributed by atoms with Gasteiger partial charge in [-0.05, 0) is 147 Å². The molecule has 0 aliphatic heterocycles.